The van der Waals surface area contributed by atoms with Gasteiger partial charge in [0.15, 0.2) is 5.96 Å². The van der Waals surface area contributed by atoms with Gasteiger partial charge in [-0.1, -0.05) is 6.07 Å². The minimum Gasteiger partial charge on any atom is -0.379 e. The first-order valence-corrected chi connectivity index (χ1v) is 9.25. The second-order valence-corrected chi connectivity index (χ2v) is 6.95. The van der Waals surface area contributed by atoms with Gasteiger partial charge in [-0.05, 0) is 19.1 Å². The molecule has 2 N–H and O–H groups in total. The highest BCUT2D eigenvalue weighted by atomic mass is 127. The maximum atomic E-state index is 10.9. The SMILES string of the molecule is CCNC(=NCc1ccccn1)NCCOCCS(C)(=O)=O.I. The van der Waals surface area contributed by atoms with Crippen LogP contribution in [-0.4, -0.2) is 57.7 Å². The van der Waals surface area contributed by atoms with Crippen LogP contribution in [0.5, 0.6) is 0 Å². The van der Waals surface area contributed by atoms with Crippen LogP contribution in [0.25, 0.3) is 0 Å². The molecule has 132 valence electrons. The van der Waals surface area contributed by atoms with E-state index in [-0.39, 0.29) is 36.3 Å². The highest BCUT2D eigenvalue weighted by Gasteiger charge is 2.01. The third-order valence-corrected chi connectivity index (χ3v) is 3.52. The van der Waals surface area contributed by atoms with Gasteiger partial charge in [-0.25, -0.2) is 13.4 Å². The Morgan fingerprint density at radius 1 is 1.30 bits per heavy atom. The zero-order valence-electron chi connectivity index (χ0n) is 13.5. The Balaban J connectivity index is 0.00000484. The Kier molecular flexibility index (Phi) is 12.0. The van der Waals surface area contributed by atoms with Gasteiger partial charge in [-0.15, -0.1) is 24.0 Å². The van der Waals surface area contributed by atoms with Crippen molar-refractivity contribution in [1.82, 2.24) is 15.6 Å². The molecule has 1 aromatic heterocycles. The van der Waals surface area contributed by atoms with Crippen molar-refractivity contribution in [1.29, 1.82) is 0 Å². The van der Waals surface area contributed by atoms with Gasteiger partial charge in [0.05, 0.1) is 31.2 Å². The molecule has 9 heteroatoms. The Bertz CT molecular complexity index is 552. The summed E-state index contributed by atoms with van der Waals surface area (Å²) in [4.78, 5) is 8.63. The van der Waals surface area contributed by atoms with E-state index < -0.39 is 9.84 Å². The second kappa shape index (κ2) is 12.5. The lowest BCUT2D eigenvalue weighted by Gasteiger charge is -2.11. The molecule has 0 bridgehead atoms. The van der Waals surface area contributed by atoms with Gasteiger partial charge < -0.3 is 15.4 Å². The number of hydrogen-bond acceptors (Lipinski definition) is 5. The van der Waals surface area contributed by atoms with Crippen LogP contribution in [0, 0.1) is 0 Å². The molecule has 0 atom stereocenters. The molecule has 0 aliphatic carbocycles. The fourth-order valence-electron chi connectivity index (χ4n) is 1.55. The number of rotatable bonds is 9. The molecule has 7 nitrogen and oxygen atoms in total. The van der Waals surface area contributed by atoms with Gasteiger partial charge >= 0.3 is 0 Å². The summed E-state index contributed by atoms with van der Waals surface area (Å²) in [6, 6.07) is 5.71. The van der Waals surface area contributed by atoms with Gasteiger partial charge in [0.1, 0.15) is 9.84 Å². The summed E-state index contributed by atoms with van der Waals surface area (Å²) in [5.74, 6) is 0.723. The lowest BCUT2D eigenvalue weighted by Crippen LogP contribution is -2.39. The van der Waals surface area contributed by atoms with Gasteiger partial charge in [0.2, 0.25) is 0 Å². The molecule has 0 saturated heterocycles. The van der Waals surface area contributed by atoms with Crippen LogP contribution in [0.1, 0.15) is 12.6 Å². The first-order chi connectivity index (χ1) is 10.5. The second-order valence-electron chi connectivity index (χ2n) is 4.69. The molecule has 1 aromatic rings. The van der Waals surface area contributed by atoms with E-state index in [1.807, 2.05) is 25.1 Å². The summed E-state index contributed by atoms with van der Waals surface area (Å²) in [6.45, 7) is 4.41. The minimum absolute atomic E-state index is 0. The quantitative estimate of drug-likeness (QED) is 0.248. The van der Waals surface area contributed by atoms with Crippen LogP contribution in [0.15, 0.2) is 29.4 Å². The van der Waals surface area contributed by atoms with Gasteiger partial charge in [-0.2, -0.15) is 0 Å². The number of aliphatic imine (C=N–C) groups is 1. The molecule has 23 heavy (non-hydrogen) atoms. The molecule has 0 radical (unpaired) electrons. The van der Waals surface area contributed by atoms with Crippen molar-refractivity contribution in [3.05, 3.63) is 30.1 Å². The van der Waals surface area contributed by atoms with E-state index in [4.69, 9.17) is 4.74 Å². The zero-order chi connectivity index (χ0) is 16.3. The molecular weight excluding hydrogens is 431 g/mol. The van der Waals surface area contributed by atoms with Crippen molar-refractivity contribution in [3.63, 3.8) is 0 Å². The summed E-state index contributed by atoms with van der Waals surface area (Å²) < 4.78 is 27.2. The van der Waals surface area contributed by atoms with E-state index in [0.717, 1.165) is 12.2 Å². The summed E-state index contributed by atoms with van der Waals surface area (Å²) in [5.41, 5.74) is 0.893. The Labute approximate surface area is 155 Å². The lowest BCUT2D eigenvalue weighted by molar-refractivity contribution is 0.154. The van der Waals surface area contributed by atoms with E-state index in [1.54, 1.807) is 6.20 Å². The highest BCUT2D eigenvalue weighted by Crippen LogP contribution is 1.95. The topological polar surface area (TPSA) is 92.7 Å². The molecule has 0 amide bonds. The molecule has 1 rings (SSSR count). The molecule has 0 spiro atoms. The van der Waals surface area contributed by atoms with E-state index in [2.05, 4.69) is 20.6 Å². The number of pyridine rings is 1. The van der Waals surface area contributed by atoms with E-state index >= 15 is 0 Å². The Morgan fingerprint density at radius 2 is 2.09 bits per heavy atom. The largest absolute Gasteiger partial charge is 0.379 e. The van der Waals surface area contributed by atoms with Crippen molar-refractivity contribution in [2.45, 2.75) is 13.5 Å². The average molecular weight is 456 g/mol. The molecule has 0 aliphatic heterocycles. The van der Waals surface area contributed by atoms with Crippen LogP contribution >= 0.6 is 24.0 Å². The normalized spacial score (nSPS) is 11.7. The smallest absolute Gasteiger partial charge is 0.191 e. The number of aromatic nitrogens is 1. The molecule has 0 fully saturated rings. The maximum absolute atomic E-state index is 10.9. The minimum atomic E-state index is -2.96. The molecule has 1 heterocycles. The van der Waals surface area contributed by atoms with Crippen LogP contribution in [0.4, 0.5) is 0 Å². The molecule has 0 unspecified atom stereocenters. The zero-order valence-corrected chi connectivity index (χ0v) is 16.6. The van der Waals surface area contributed by atoms with Crippen molar-refractivity contribution >= 4 is 39.8 Å². The Morgan fingerprint density at radius 3 is 2.70 bits per heavy atom. The molecular formula is C14H25IN4O3S. The number of ether oxygens (including phenoxy) is 1. The van der Waals surface area contributed by atoms with Crippen molar-refractivity contribution in [2.75, 3.05) is 38.3 Å². The first kappa shape index (κ1) is 22.1. The number of halogens is 1. The number of sulfone groups is 1. The van der Waals surface area contributed by atoms with Crippen LogP contribution in [0.3, 0.4) is 0 Å². The third-order valence-electron chi connectivity index (χ3n) is 2.61. The van der Waals surface area contributed by atoms with Gasteiger partial charge in [-0.3, -0.25) is 4.98 Å². The van der Waals surface area contributed by atoms with Crippen molar-refractivity contribution in [2.24, 2.45) is 4.99 Å². The summed E-state index contributed by atoms with van der Waals surface area (Å²) in [7, 11) is -2.96. The predicted molar refractivity (Wildman–Crippen MR) is 103 cm³/mol. The van der Waals surface area contributed by atoms with Crippen molar-refractivity contribution in [3.8, 4) is 0 Å². The third kappa shape index (κ3) is 12.2. The summed E-state index contributed by atoms with van der Waals surface area (Å²) in [6.07, 6.45) is 2.93. The average Bonchev–Trinajstić information content (AvgIpc) is 2.48. The number of nitrogens with zero attached hydrogens (tertiary/aromatic N) is 2. The molecule has 0 aromatic carbocycles. The van der Waals surface area contributed by atoms with Crippen LogP contribution < -0.4 is 10.6 Å². The molecule has 0 saturated carbocycles. The van der Waals surface area contributed by atoms with E-state index in [9.17, 15) is 8.42 Å². The fourth-order valence-corrected chi connectivity index (χ4v) is 1.97. The fraction of sp³-hybridized carbons (Fsp3) is 0.571. The monoisotopic (exact) mass is 456 g/mol. The number of hydrogen-bond donors (Lipinski definition) is 2. The van der Waals surface area contributed by atoms with Crippen molar-refractivity contribution < 1.29 is 13.2 Å². The summed E-state index contributed by atoms with van der Waals surface area (Å²) in [5, 5.41) is 6.25. The van der Waals surface area contributed by atoms with Crippen LogP contribution in [0.2, 0.25) is 0 Å². The van der Waals surface area contributed by atoms with Gasteiger partial charge in [0.25, 0.3) is 0 Å². The standard InChI is InChI=1S/C14H24N4O3S.HI/c1-3-15-14(18-12-13-6-4-5-7-16-13)17-8-9-21-10-11-22(2,19)20;/h4-7H,3,8-12H2,1-2H3,(H2,15,17,18);1H. The number of guanidine groups is 1. The lowest BCUT2D eigenvalue weighted by atomic mass is 10.3. The predicted octanol–water partition coefficient (Wildman–Crippen LogP) is 0.816. The molecule has 0 aliphatic rings. The van der Waals surface area contributed by atoms with E-state index in [1.165, 1.54) is 6.26 Å². The first-order valence-electron chi connectivity index (χ1n) is 7.19. The summed E-state index contributed by atoms with van der Waals surface area (Å²) >= 11 is 0. The van der Waals surface area contributed by atoms with Gasteiger partial charge in [0, 0.05) is 25.5 Å². The van der Waals surface area contributed by atoms with Crippen LogP contribution in [-0.2, 0) is 21.1 Å². The maximum Gasteiger partial charge on any atom is 0.191 e. The Hall–Kier alpha value is -0.940. The van der Waals surface area contributed by atoms with E-state index in [0.29, 0.717) is 25.7 Å². The highest BCUT2D eigenvalue weighted by molar-refractivity contribution is 14.0. The number of nitrogens with one attached hydrogen (secondary N) is 2.